The van der Waals surface area contributed by atoms with Gasteiger partial charge in [0, 0.05) is 18.0 Å². The van der Waals surface area contributed by atoms with Crippen molar-refractivity contribution in [1.29, 1.82) is 0 Å². The molecule has 0 bridgehead atoms. The van der Waals surface area contributed by atoms with Crippen LogP contribution in [0.25, 0.3) is 0 Å². The Morgan fingerprint density at radius 3 is 2.10 bits per heavy atom. The number of ketones is 1. The van der Waals surface area contributed by atoms with Gasteiger partial charge in [0.1, 0.15) is 0 Å². The highest BCUT2D eigenvalue weighted by molar-refractivity contribution is 7.89. The molecule has 1 rings (SSSR count). The minimum Gasteiger partial charge on any atom is -0.294 e. The van der Waals surface area contributed by atoms with E-state index in [2.05, 4.69) is 4.72 Å². The molecule has 0 heterocycles. The van der Waals surface area contributed by atoms with Gasteiger partial charge in [-0.1, -0.05) is 39.8 Å². The van der Waals surface area contributed by atoms with E-state index in [-0.39, 0.29) is 16.6 Å². The van der Waals surface area contributed by atoms with Crippen LogP contribution < -0.4 is 4.72 Å². The predicted octanol–water partition coefficient (Wildman–Crippen LogP) is 2.85. The van der Waals surface area contributed by atoms with Crippen molar-refractivity contribution in [3.8, 4) is 0 Å². The van der Waals surface area contributed by atoms with Crippen molar-refractivity contribution >= 4 is 15.8 Å². The second-order valence-electron chi connectivity index (χ2n) is 5.62. The number of benzene rings is 1. The highest BCUT2D eigenvalue weighted by Crippen LogP contribution is 2.14. The first-order valence-corrected chi connectivity index (χ1v) is 8.36. The number of carbonyl (C=O) groups excluding carboxylic acids is 1. The number of Topliss-reactive ketones (excluding diaryl/α,β-unsaturated/α-hetero) is 1. The molecule has 0 atom stereocenters. The molecule has 0 amide bonds. The number of hydrogen-bond donors (Lipinski definition) is 1. The molecule has 20 heavy (non-hydrogen) atoms. The molecule has 0 aliphatic carbocycles. The van der Waals surface area contributed by atoms with E-state index in [1.54, 1.807) is 12.1 Å². The van der Waals surface area contributed by atoms with Gasteiger partial charge >= 0.3 is 0 Å². The monoisotopic (exact) mass is 297 g/mol. The maximum Gasteiger partial charge on any atom is 0.240 e. The summed E-state index contributed by atoms with van der Waals surface area (Å²) in [6, 6.07) is 6.10. The van der Waals surface area contributed by atoms with E-state index >= 15 is 0 Å². The lowest BCUT2D eigenvalue weighted by molar-refractivity contribution is 0.0939. The number of hydrogen-bond acceptors (Lipinski definition) is 3. The number of rotatable bonds is 7. The van der Waals surface area contributed by atoms with E-state index in [1.165, 1.54) is 12.1 Å². The molecule has 0 spiro atoms. The summed E-state index contributed by atoms with van der Waals surface area (Å²) in [5.74, 6) is 0.368. The van der Waals surface area contributed by atoms with E-state index in [1.807, 2.05) is 27.7 Å². The first-order chi connectivity index (χ1) is 9.24. The van der Waals surface area contributed by atoms with E-state index in [0.29, 0.717) is 18.0 Å². The summed E-state index contributed by atoms with van der Waals surface area (Å²) in [4.78, 5) is 12.0. The van der Waals surface area contributed by atoms with Gasteiger partial charge in [-0.15, -0.1) is 0 Å². The molecular weight excluding hydrogens is 274 g/mol. The molecule has 0 aromatic heterocycles. The maximum absolute atomic E-state index is 12.0. The number of sulfonamides is 1. The molecule has 112 valence electrons. The molecule has 1 aromatic rings. The molecule has 0 fully saturated rings. The van der Waals surface area contributed by atoms with E-state index < -0.39 is 10.0 Å². The summed E-state index contributed by atoms with van der Waals surface area (Å²) in [6.45, 7) is 8.15. The third kappa shape index (κ3) is 4.72. The third-order valence-electron chi connectivity index (χ3n) is 2.99. The van der Waals surface area contributed by atoms with Crippen LogP contribution in [0.4, 0.5) is 0 Å². The van der Waals surface area contributed by atoms with Crippen molar-refractivity contribution in [2.45, 2.75) is 39.0 Å². The molecule has 4 nitrogen and oxygen atoms in total. The van der Waals surface area contributed by atoms with Crippen LogP contribution in [0.15, 0.2) is 29.2 Å². The van der Waals surface area contributed by atoms with Crippen molar-refractivity contribution < 1.29 is 13.2 Å². The van der Waals surface area contributed by atoms with Crippen LogP contribution in [0.1, 0.15) is 44.5 Å². The Labute approximate surface area is 121 Å². The Balaban J connectivity index is 2.79. The van der Waals surface area contributed by atoms with E-state index in [4.69, 9.17) is 0 Å². The summed E-state index contributed by atoms with van der Waals surface area (Å²) in [5.41, 5.74) is 0.543. The van der Waals surface area contributed by atoms with Gasteiger partial charge < -0.3 is 0 Å². The fraction of sp³-hybridized carbons (Fsp3) is 0.533. The van der Waals surface area contributed by atoms with Gasteiger partial charge in [0.25, 0.3) is 0 Å². The Bertz CT molecular complexity index is 545. The third-order valence-corrected chi connectivity index (χ3v) is 4.46. The van der Waals surface area contributed by atoms with Gasteiger partial charge in [-0.05, 0) is 24.5 Å². The smallest absolute Gasteiger partial charge is 0.240 e. The minimum absolute atomic E-state index is 0.0155. The SMILES string of the molecule is CC(C)CCNS(=O)(=O)c1ccc(C(=O)C(C)C)cc1. The van der Waals surface area contributed by atoms with Crippen LogP contribution in [0.3, 0.4) is 0 Å². The van der Waals surface area contributed by atoms with Gasteiger partial charge in [0.05, 0.1) is 4.90 Å². The molecule has 0 radical (unpaired) electrons. The molecule has 5 heteroatoms. The summed E-state index contributed by atoms with van der Waals surface area (Å²) >= 11 is 0. The molecular formula is C15H23NO3S. The molecule has 0 aliphatic rings. The average molecular weight is 297 g/mol. The highest BCUT2D eigenvalue weighted by Gasteiger charge is 2.15. The summed E-state index contributed by atoms with van der Waals surface area (Å²) < 4.78 is 26.6. The van der Waals surface area contributed by atoms with Crippen LogP contribution >= 0.6 is 0 Å². The second-order valence-corrected chi connectivity index (χ2v) is 7.39. The van der Waals surface area contributed by atoms with Gasteiger partial charge in [0.15, 0.2) is 5.78 Å². The summed E-state index contributed by atoms with van der Waals surface area (Å²) in [6.07, 6.45) is 0.795. The first kappa shape index (κ1) is 16.9. The van der Waals surface area contributed by atoms with Crippen molar-refractivity contribution in [3.63, 3.8) is 0 Å². The fourth-order valence-corrected chi connectivity index (χ4v) is 2.74. The molecule has 0 saturated carbocycles. The molecule has 1 aromatic carbocycles. The van der Waals surface area contributed by atoms with Crippen molar-refractivity contribution in [2.75, 3.05) is 6.54 Å². The maximum atomic E-state index is 12.0. The largest absolute Gasteiger partial charge is 0.294 e. The zero-order valence-electron chi connectivity index (χ0n) is 12.5. The van der Waals surface area contributed by atoms with Crippen molar-refractivity contribution in [3.05, 3.63) is 29.8 Å². The van der Waals surface area contributed by atoms with Gasteiger partial charge in [-0.25, -0.2) is 13.1 Å². The topological polar surface area (TPSA) is 63.2 Å². The van der Waals surface area contributed by atoms with Crippen LogP contribution in [0, 0.1) is 11.8 Å². The van der Waals surface area contributed by atoms with Crippen LogP contribution in [0.5, 0.6) is 0 Å². The van der Waals surface area contributed by atoms with Crippen LogP contribution in [-0.4, -0.2) is 20.7 Å². The van der Waals surface area contributed by atoms with E-state index in [0.717, 1.165) is 6.42 Å². The van der Waals surface area contributed by atoms with Gasteiger partial charge in [-0.2, -0.15) is 0 Å². The quantitative estimate of drug-likeness (QED) is 0.787. The fourth-order valence-electron chi connectivity index (χ4n) is 1.70. The number of carbonyl (C=O) groups is 1. The van der Waals surface area contributed by atoms with Crippen molar-refractivity contribution in [2.24, 2.45) is 11.8 Å². The van der Waals surface area contributed by atoms with Gasteiger partial charge in [0.2, 0.25) is 10.0 Å². The Hall–Kier alpha value is -1.20. The lowest BCUT2D eigenvalue weighted by atomic mass is 10.0. The van der Waals surface area contributed by atoms with Crippen LogP contribution in [0.2, 0.25) is 0 Å². The predicted molar refractivity (Wildman–Crippen MR) is 80.3 cm³/mol. The second kappa shape index (κ2) is 6.99. The molecule has 0 aliphatic heterocycles. The minimum atomic E-state index is -3.48. The zero-order chi connectivity index (χ0) is 15.3. The summed E-state index contributed by atoms with van der Waals surface area (Å²) in [5, 5.41) is 0. The molecule has 0 unspecified atom stereocenters. The summed E-state index contributed by atoms with van der Waals surface area (Å²) in [7, 11) is -3.48. The first-order valence-electron chi connectivity index (χ1n) is 6.88. The van der Waals surface area contributed by atoms with E-state index in [9.17, 15) is 13.2 Å². The molecule has 0 saturated heterocycles. The number of nitrogens with one attached hydrogen (secondary N) is 1. The standard InChI is InChI=1S/C15H23NO3S/c1-11(2)9-10-16-20(18,19)14-7-5-13(6-8-14)15(17)12(3)4/h5-8,11-12,16H,9-10H2,1-4H3. The zero-order valence-corrected chi connectivity index (χ0v) is 13.3. The lowest BCUT2D eigenvalue weighted by Gasteiger charge is -2.09. The van der Waals surface area contributed by atoms with Crippen LogP contribution in [-0.2, 0) is 10.0 Å². The van der Waals surface area contributed by atoms with Gasteiger partial charge in [-0.3, -0.25) is 4.79 Å². The normalized spacial score (nSPS) is 12.1. The Morgan fingerprint density at radius 2 is 1.65 bits per heavy atom. The highest BCUT2D eigenvalue weighted by atomic mass is 32.2. The Morgan fingerprint density at radius 1 is 1.10 bits per heavy atom. The van der Waals surface area contributed by atoms with Crippen molar-refractivity contribution in [1.82, 2.24) is 4.72 Å². The lowest BCUT2D eigenvalue weighted by Crippen LogP contribution is -2.25. The Kier molecular flexibility index (Phi) is 5.89. The average Bonchev–Trinajstić information content (AvgIpc) is 2.37. The molecule has 1 N–H and O–H groups in total.